The Balaban J connectivity index is 1.15. The molecule has 0 amide bonds. The topological polar surface area (TPSA) is 24.1 Å². The molecule has 2 nitrogen and oxygen atoms in total. The number of hydrogen-bond acceptors (Lipinski definition) is 2. The highest BCUT2D eigenvalue weighted by Gasteiger charge is 2.54. The van der Waals surface area contributed by atoms with Crippen LogP contribution in [0.4, 0.5) is 0 Å². The first-order valence-corrected chi connectivity index (χ1v) is 11.2. The predicted molar refractivity (Wildman–Crippen MR) is 107 cm³/mol. The van der Waals surface area contributed by atoms with Gasteiger partial charge in [-0.2, -0.15) is 0 Å². The molecule has 4 unspecified atom stereocenters. The van der Waals surface area contributed by atoms with Crippen molar-refractivity contribution in [1.82, 2.24) is 10.6 Å². The molecule has 0 aromatic carbocycles. The van der Waals surface area contributed by atoms with Crippen LogP contribution in [0.25, 0.3) is 0 Å². The second kappa shape index (κ2) is 6.51. The van der Waals surface area contributed by atoms with Crippen molar-refractivity contribution in [1.29, 1.82) is 0 Å². The third-order valence-corrected chi connectivity index (χ3v) is 9.59. The zero-order chi connectivity index (χ0) is 17.8. The molecule has 0 heterocycles. The van der Waals surface area contributed by atoms with Crippen LogP contribution in [0, 0.1) is 46.3 Å². The summed E-state index contributed by atoms with van der Waals surface area (Å²) >= 11 is 0. The van der Waals surface area contributed by atoms with Crippen molar-refractivity contribution in [2.24, 2.45) is 46.3 Å². The van der Waals surface area contributed by atoms with Crippen LogP contribution in [0.1, 0.15) is 73.1 Å². The van der Waals surface area contributed by atoms with Gasteiger partial charge in [-0.15, -0.1) is 0 Å². The average molecular weight is 347 g/mol. The van der Waals surface area contributed by atoms with E-state index in [1.54, 1.807) is 0 Å². The summed E-state index contributed by atoms with van der Waals surface area (Å²) in [6.07, 6.45) is 8.89. The van der Waals surface area contributed by atoms with Crippen LogP contribution in [0.2, 0.25) is 0 Å². The van der Waals surface area contributed by atoms with E-state index in [-0.39, 0.29) is 0 Å². The number of fused-ring (bicyclic) bond motifs is 4. The summed E-state index contributed by atoms with van der Waals surface area (Å²) in [5.74, 6) is 5.87. The van der Waals surface area contributed by atoms with Crippen molar-refractivity contribution in [3.8, 4) is 0 Å². The van der Waals surface area contributed by atoms with Gasteiger partial charge < -0.3 is 10.6 Å². The first kappa shape index (κ1) is 18.3. The first-order chi connectivity index (χ1) is 11.8. The normalized spacial score (nSPS) is 44.5. The van der Waals surface area contributed by atoms with Gasteiger partial charge in [0.2, 0.25) is 0 Å². The lowest BCUT2D eigenvalue weighted by atomic mass is 9.45. The maximum absolute atomic E-state index is 3.86. The first-order valence-electron chi connectivity index (χ1n) is 11.2. The van der Waals surface area contributed by atoms with E-state index in [9.17, 15) is 0 Å². The summed E-state index contributed by atoms with van der Waals surface area (Å²) in [5.41, 5.74) is 1.25. The summed E-state index contributed by atoms with van der Waals surface area (Å²) in [5, 5.41) is 7.67. The average Bonchev–Trinajstić information content (AvgIpc) is 2.60. The molecule has 2 heteroatoms. The Morgan fingerprint density at radius 3 is 1.80 bits per heavy atom. The Bertz CT molecular complexity index is 478. The predicted octanol–water partition coefficient (Wildman–Crippen LogP) is 4.70. The zero-order valence-electron chi connectivity index (χ0n) is 17.4. The third-order valence-electron chi connectivity index (χ3n) is 9.59. The molecule has 6 aliphatic rings. The van der Waals surface area contributed by atoms with Gasteiger partial charge >= 0.3 is 0 Å². The SMILES string of the molecule is CC(CNCC1CCC2C[C@@H]1C2(C)C)NC[C@@H]1CCC2C[C@@H]1C2(C)C. The minimum absolute atomic E-state index is 0.603. The molecule has 6 saturated carbocycles. The van der Waals surface area contributed by atoms with E-state index < -0.39 is 0 Å². The van der Waals surface area contributed by atoms with Crippen molar-refractivity contribution in [3.05, 3.63) is 0 Å². The van der Waals surface area contributed by atoms with E-state index in [4.69, 9.17) is 0 Å². The Morgan fingerprint density at radius 1 is 0.800 bits per heavy atom. The fourth-order valence-electron chi connectivity index (χ4n) is 7.32. The molecular weight excluding hydrogens is 304 g/mol. The van der Waals surface area contributed by atoms with Crippen LogP contribution in [0.5, 0.6) is 0 Å². The number of nitrogens with one attached hydrogen (secondary N) is 2. The van der Waals surface area contributed by atoms with Crippen molar-refractivity contribution < 1.29 is 0 Å². The van der Waals surface area contributed by atoms with Crippen molar-refractivity contribution in [2.75, 3.05) is 19.6 Å². The monoisotopic (exact) mass is 346 g/mol. The van der Waals surface area contributed by atoms with Gasteiger partial charge in [0.05, 0.1) is 0 Å². The molecule has 6 fully saturated rings. The molecule has 144 valence electrons. The summed E-state index contributed by atoms with van der Waals surface area (Å²) in [4.78, 5) is 0. The smallest absolute Gasteiger partial charge is 0.0164 e. The largest absolute Gasteiger partial charge is 0.315 e. The van der Waals surface area contributed by atoms with Gasteiger partial charge in [0.25, 0.3) is 0 Å². The van der Waals surface area contributed by atoms with Crippen molar-refractivity contribution in [2.45, 2.75) is 79.2 Å². The molecule has 6 rings (SSSR count). The summed E-state index contributed by atoms with van der Waals surface area (Å²) in [6.45, 7) is 16.0. The van der Waals surface area contributed by atoms with E-state index >= 15 is 0 Å². The van der Waals surface area contributed by atoms with Crippen molar-refractivity contribution in [3.63, 3.8) is 0 Å². The molecule has 25 heavy (non-hydrogen) atoms. The number of rotatable bonds is 7. The molecule has 6 aliphatic carbocycles. The van der Waals surface area contributed by atoms with Crippen LogP contribution < -0.4 is 10.6 Å². The minimum atomic E-state index is 0.603. The van der Waals surface area contributed by atoms with Crippen molar-refractivity contribution >= 4 is 0 Å². The van der Waals surface area contributed by atoms with Crippen LogP contribution in [-0.4, -0.2) is 25.7 Å². The zero-order valence-corrected chi connectivity index (χ0v) is 17.4. The van der Waals surface area contributed by atoms with Gasteiger partial charge in [0.1, 0.15) is 0 Å². The molecule has 2 N–H and O–H groups in total. The highest BCUT2D eigenvalue weighted by atomic mass is 15.0. The lowest BCUT2D eigenvalue weighted by Gasteiger charge is -2.60. The van der Waals surface area contributed by atoms with Gasteiger partial charge in [-0.3, -0.25) is 0 Å². The summed E-state index contributed by atoms with van der Waals surface area (Å²) in [7, 11) is 0. The molecule has 7 atom stereocenters. The maximum atomic E-state index is 3.86. The van der Waals surface area contributed by atoms with E-state index in [0.717, 1.165) is 42.1 Å². The van der Waals surface area contributed by atoms with Gasteiger partial charge in [0, 0.05) is 12.6 Å². The van der Waals surface area contributed by atoms with Gasteiger partial charge in [-0.05, 0) is 105 Å². The second-order valence-electron chi connectivity index (χ2n) is 11.4. The maximum Gasteiger partial charge on any atom is 0.0164 e. The molecule has 0 radical (unpaired) electrons. The molecule has 0 spiro atoms. The summed E-state index contributed by atoms with van der Waals surface area (Å²) in [6, 6.07) is 0.603. The third kappa shape index (κ3) is 3.10. The van der Waals surface area contributed by atoms with Crippen LogP contribution >= 0.6 is 0 Å². The Labute approximate surface area is 156 Å². The highest BCUT2D eigenvalue weighted by molar-refractivity contribution is 5.04. The quantitative estimate of drug-likeness (QED) is 0.698. The fraction of sp³-hybridized carbons (Fsp3) is 1.00. The number of hydrogen-bond donors (Lipinski definition) is 2. The van der Waals surface area contributed by atoms with Crippen LogP contribution in [0.3, 0.4) is 0 Å². The van der Waals surface area contributed by atoms with Gasteiger partial charge in [0.15, 0.2) is 0 Å². The van der Waals surface area contributed by atoms with Crippen LogP contribution in [0.15, 0.2) is 0 Å². The molecule has 0 aromatic heterocycles. The molecular formula is C23H42N2. The Hall–Kier alpha value is -0.0800. The Kier molecular flexibility index (Phi) is 4.77. The fourth-order valence-corrected chi connectivity index (χ4v) is 7.32. The van der Waals surface area contributed by atoms with Gasteiger partial charge in [-0.25, -0.2) is 0 Å². The van der Waals surface area contributed by atoms with E-state index in [1.165, 1.54) is 51.6 Å². The van der Waals surface area contributed by atoms with Gasteiger partial charge in [-0.1, -0.05) is 27.7 Å². The molecule has 0 saturated heterocycles. The van der Waals surface area contributed by atoms with E-state index in [0.29, 0.717) is 16.9 Å². The molecule has 4 bridgehead atoms. The standard InChI is InChI=1S/C23H42N2/c1-15(25-14-17-7-9-19-11-21(17)23(19,4)5)12-24-13-16-6-8-18-10-20(16)22(18,2)3/h15-21,24-25H,6-14H2,1-5H3/t15?,16?,17-,18?,19?,20-,21-/m0/s1. The van der Waals surface area contributed by atoms with Crippen LogP contribution in [-0.2, 0) is 0 Å². The second-order valence-corrected chi connectivity index (χ2v) is 11.4. The molecule has 0 aromatic rings. The van der Waals surface area contributed by atoms with E-state index in [2.05, 4.69) is 45.3 Å². The lowest BCUT2D eigenvalue weighted by molar-refractivity contribution is -0.104. The molecule has 0 aliphatic heterocycles. The summed E-state index contributed by atoms with van der Waals surface area (Å²) < 4.78 is 0. The Morgan fingerprint density at radius 2 is 1.32 bits per heavy atom. The minimum Gasteiger partial charge on any atom is -0.315 e. The lowest BCUT2D eigenvalue weighted by Crippen LogP contribution is -2.55. The van der Waals surface area contributed by atoms with E-state index in [1.807, 2.05) is 0 Å². The highest BCUT2D eigenvalue weighted by Crippen LogP contribution is 2.62.